The monoisotopic (exact) mass is 796 g/mol. The minimum absolute atomic E-state index is 0.625. The van der Waals surface area contributed by atoms with Crippen molar-refractivity contribution in [2.75, 3.05) is 0 Å². The summed E-state index contributed by atoms with van der Waals surface area (Å²) in [4.78, 5) is 0. The van der Waals surface area contributed by atoms with Crippen LogP contribution in [0, 0.1) is 0 Å². The molecule has 0 spiro atoms. The molecule has 0 radical (unpaired) electrons. The summed E-state index contributed by atoms with van der Waals surface area (Å²) in [7, 11) is 0. The van der Waals surface area contributed by atoms with Crippen LogP contribution in [-0.4, -0.2) is 24.0 Å². The molecular weight excluding hydrogens is 778 g/mol. The van der Waals surface area contributed by atoms with Crippen LogP contribution in [0.1, 0.15) is 22.3 Å². The number of hydrogen-bond acceptors (Lipinski definition) is 0. The van der Waals surface area contributed by atoms with Crippen LogP contribution in [0.4, 0.5) is 0 Å². The molecule has 0 nitrogen and oxygen atoms in total. The fourth-order valence-corrected chi connectivity index (χ4v) is 8.65. The lowest BCUT2D eigenvalue weighted by Gasteiger charge is -2.10. The first-order valence-electron chi connectivity index (χ1n) is 10.7. The summed E-state index contributed by atoms with van der Waals surface area (Å²) in [6.07, 6.45) is 3.15. The van der Waals surface area contributed by atoms with Gasteiger partial charge in [-0.3, -0.25) is 0 Å². The average molecular weight is 802 g/mol. The van der Waals surface area contributed by atoms with E-state index in [1.165, 1.54) is 11.1 Å². The van der Waals surface area contributed by atoms with E-state index in [0.29, 0.717) is 24.2 Å². The Morgan fingerprint density at radius 1 is 0.361 bits per heavy atom. The minimum atomic E-state index is -2.55. The second kappa shape index (κ2) is 17.0. The first-order valence-corrected chi connectivity index (χ1v) is 31.7. The highest BCUT2D eigenvalue weighted by atomic mass is 35.9. The molecule has 0 saturated carbocycles. The maximum atomic E-state index is 5.87. The van der Waals surface area contributed by atoms with Crippen molar-refractivity contribution in [3.8, 4) is 0 Å². The molecule has 0 heterocycles. The predicted molar refractivity (Wildman–Crippen MR) is 180 cm³/mol. The quantitative estimate of drug-likeness (QED) is 0.148. The van der Waals surface area contributed by atoms with E-state index in [-0.39, 0.29) is 0 Å². The second-order valence-electron chi connectivity index (χ2n) is 8.10. The van der Waals surface area contributed by atoms with Gasteiger partial charge < -0.3 is 0 Å². The minimum Gasteiger partial charge on any atom is -0.126 e. The first-order chi connectivity index (χ1) is 16.3. The van der Waals surface area contributed by atoms with Crippen molar-refractivity contribution in [1.82, 2.24) is 0 Å². The molecule has 0 unspecified atom stereocenters. The maximum Gasteiger partial charge on any atom is 0.341 e. The highest BCUT2D eigenvalue weighted by Gasteiger charge is 2.26. The fraction of sp³-hybridized carbons (Fsp3) is 0.400. The molecule has 0 aliphatic carbocycles. The summed E-state index contributed by atoms with van der Waals surface area (Å²) >= 11 is 70.3. The van der Waals surface area contributed by atoms with Gasteiger partial charge in [-0.15, -0.1) is 133 Å². The van der Waals surface area contributed by atoms with Gasteiger partial charge >= 0.3 is 24.0 Å². The van der Waals surface area contributed by atoms with Crippen LogP contribution >= 0.6 is 133 Å². The Balaban J connectivity index is 0.000000360. The van der Waals surface area contributed by atoms with Crippen LogP contribution in [0.5, 0.6) is 0 Å². The molecule has 0 aromatic heterocycles. The molecule has 204 valence electrons. The lowest BCUT2D eigenvalue weighted by Crippen LogP contribution is -2.11. The van der Waals surface area contributed by atoms with E-state index in [9.17, 15) is 0 Å². The van der Waals surface area contributed by atoms with Gasteiger partial charge in [0.1, 0.15) is 0 Å². The third-order valence-electron chi connectivity index (χ3n) is 4.80. The Labute approximate surface area is 274 Å². The molecule has 2 rings (SSSR count). The number of halogens is 12. The van der Waals surface area contributed by atoms with Crippen LogP contribution in [0.3, 0.4) is 0 Å². The number of hydrogen-bond donors (Lipinski definition) is 0. The molecule has 16 heteroatoms. The molecule has 2 aromatic carbocycles. The topological polar surface area (TPSA) is 0 Å². The SMILES string of the molecule is Cl[Si](Cl)(Cl)CCc1ccc(CC[Si](Cl)(Cl)Cl)cc1.Cl[Si](Cl)(Cl)CCc1cccc(CC[Si](Cl)(Cl)Cl)c1. The summed E-state index contributed by atoms with van der Waals surface area (Å²) in [5.74, 6) is 0. The molecule has 36 heavy (non-hydrogen) atoms. The van der Waals surface area contributed by atoms with Crippen molar-refractivity contribution in [3.63, 3.8) is 0 Å². The van der Waals surface area contributed by atoms with Crippen molar-refractivity contribution in [2.24, 2.45) is 0 Å². The zero-order chi connectivity index (χ0) is 27.6. The Morgan fingerprint density at radius 3 is 0.861 bits per heavy atom. The Morgan fingerprint density at radius 2 is 0.611 bits per heavy atom. The van der Waals surface area contributed by atoms with Crippen LogP contribution in [0.15, 0.2) is 48.5 Å². The van der Waals surface area contributed by atoms with E-state index in [1.807, 2.05) is 42.5 Å². The molecule has 0 N–H and O–H groups in total. The van der Waals surface area contributed by atoms with Crippen molar-refractivity contribution in [2.45, 2.75) is 49.9 Å². The van der Waals surface area contributed by atoms with E-state index >= 15 is 0 Å². The predicted octanol–water partition coefficient (Wildman–Crippen LogP) is 12.2. The van der Waals surface area contributed by atoms with E-state index in [4.69, 9.17) is 133 Å². The highest BCUT2D eigenvalue weighted by molar-refractivity contribution is 7.66. The lowest BCUT2D eigenvalue weighted by atomic mass is 10.1. The van der Waals surface area contributed by atoms with Crippen LogP contribution in [0.25, 0.3) is 0 Å². The largest absolute Gasteiger partial charge is 0.341 e. The number of benzene rings is 2. The summed E-state index contributed by atoms with van der Waals surface area (Å²) in [5.41, 5.74) is 4.67. The van der Waals surface area contributed by atoms with Gasteiger partial charge in [0, 0.05) is 0 Å². The average Bonchev–Trinajstić information content (AvgIpc) is 2.73. The second-order valence-corrected chi connectivity index (χ2v) is 45.2. The van der Waals surface area contributed by atoms with Gasteiger partial charge in [-0.1, -0.05) is 48.5 Å². The lowest BCUT2D eigenvalue weighted by molar-refractivity contribution is 1.07. The zero-order valence-corrected chi connectivity index (χ0v) is 31.9. The molecule has 0 atom stereocenters. The molecule has 0 bridgehead atoms. The maximum absolute atomic E-state index is 5.87. The van der Waals surface area contributed by atoms with Crippen molar-refractivity contribution >= 4 is 157 Å². The van der Waals surface area contributed by atoms with E-state index in [0.717, 1.165) is 36.8 Å². The van der Waals surface area contributed by atoms with Crippen LogP contribution < -0.4 is 0 Å². The fourth-order valence-electron chi connectivity index (χ4n) is 2.96. The number of rotatable bonds is 12. The molecule has 0 aliphatic heterocycles. The highest BCUT2D eigenvalue weighted by Crippen LogP contribution is 2.30. The van der Waals surface area contributed by atoms with Crippen molar-refractivity contribution in [3.05, 3.63) is 70.8 Å². The molecular formula is C20H24Cl12Si4. The molecule has 2 aromatic rings. The van der Waals surface area contributed by atoms with Gasteiger partial charge in [-0.05, 0) is 72.1 Å². The van der Waals surface area contributed by atoms with Crippen molar-refractivity contribution < 1.29 is 0 Å². The zero-order valence-electron chi connectivity index (χ0n) is 18.8. The van der Waals surface area contributed by atoms with Crippen molar-refractivity contribution in [1.29, 1.82) is 0 Å². The third kappa shape index (κ3) is 21.5. The van der Waals surface area contributed by atoms with Crippen LogP contribution in [-0.2, 0) is 25.7 Å². The van der Waals surface area contributed by atoms with Gasteiger partial charge in [-0.25, -0.2) is 0 Å². The van der Waals surface area contributed by atoms with Gasteiger partial charge in [0.25, 0.3) is 0 Å². The van der Waals surface area contributed by atoms with Gasteiger partial charge in [0.15, 0.2) is 0 Å². The molecule has 0 aliphatic rings. The number of aryl methyl sites for hydroxylation is 4. The summed E-state index contributed by atoms with van der Waals surface area (Å²) in [5, 5.41) is 0. The first kappa shape index (κ1) is 36.8. The summed E-state index contributed by atoms with van der Waals surface area (Å²) in [6, 6.07) is 8.69. The smallest absolute Gasteiger partial charge is 0.126 e. The molecule has 0 fully saturated rings. The van der Waals surface area contributed by atoms with E-state index in [2.05, 4.69) is 6.07 Å². The molecule has 0 saturated heterocycles. The Kier molecular flexibility index (Phi) is 17.4. The van der Waals surface area contributed by atoms with Gasteiger partial charge in [0.05, 0.1) is 0 Å². The van der Waals surface area contributed by atoms with Crippen LogP contribution in [0.2, 0.25) is 24.2 Å². The molecule has 0 amide bonds. The van der Waals surface area contributed by atoms with Gasteiger partial charge in [-0.2, -0.15) is 0 Å². The normalized spacial score (nSPS) is 12.8. The Hall–Kier alpha value is 2.79. The summed E-state index contributed by atoms with van der Waals surface area (Å²) < 4.78 is 0. The standard InChI is InChI=1S/2C10H12Cl6Si2/c11-17(12,13)7-5-9-1-2-10(4-3-9)6-8-18(14,15)16;11-17(12,13)6-4-9-2-1-3-10(8-9)5-7-18(14,15)16/h1-4H,5-8H2;1-3,8H,4-7H2. The summed E-state index contributed by atoms with van der Waals surface area (Å²) in [6.45, 7) is 0. The third-order valence-corrected chi connectivity index (χ3v) is 14.9. The van der Waals surface area contributed by atoms with E-state index < -0.39 is 24.0 Å². The van der Waals surface area contributed by atoms with E-state index in [1.54, 1.807) is 0 Å². The Bertz CT molecular complexity index is 833. The van der Waals surface area contributed by atoms with Gasteiger partial charge in [0.2, 0.25) is 0 Å².